The number of nitrogens with one attached hydrogen (secondary N) is 2. The minimum absolute atomic E-state index is 0.594. The first-order valence-electron chi connectivity index (χ1n) is 8.80. The first-order chi connectivity index (χ1) is 12.2. The molecule has 2 N–H and O–H groups in total. The summed E-state index contributed by atoms with van der Waals surface area (Å²) >= 11 is 0. The molecular weight excluding hydrogens is 314 g/mol. The van der Waals surface area contributed by atoms with Crippen molar-refractivity contribution < 1.29 is 0 Å². The van der Waals surface area contributed by atoms with Crippen molar-refractivity contribution >= 4 is 11.4 Å². The number of imidazole rings is 3. The molecular formula is C18H21N7. The second kappa shape index (κ2) is 5.42. The van der Waals surface area contributed by atoms with Gasteiger partial charge in [0.25, 0.3) is 0 Å². The van der Waals surface area contributed by atoms with Gasteiger partial charge < -0.3 is 10.3 Å². The Hall–Kier alpha value is -2.67. The summed E-state index contributed by atoms with van der Waals surface area (Å²) in [7, 11) is 0. The number of aromatic nitrogens is 6. The maximum absolute atomic E-state index is 4.75. The Kier molecular flexibility index (Phi) is 3.18. The van der Waals surface area contributed by atoms with E-state index >= 15 is 0 Å². The number of hydrogen-bond donors (Lipinski definition) is 2. The Morgan fingerprint density at radius 1 is 1.04 bits per heavy atom. The molecule has 1 aliphatic rings. The smallest absolute Gasteiger partial charge is 0.212 e. The third-order valence-corrected chi connectivity index (χ3v) is 5.04. The lowest BCUT2D eigenvalue weighted by Crippen LogP contribution is -2.26. The summed E-state index contributed by atoms with van der Waals surface area (Å²) in [4.78, 5) is 12.7. The molecule has 0 aliphatic carbocycles. The number of rotatable bonds is 2. The molecule has 0 atom stereocenters. The maximum Gasteiger partial charge on any atom is 0.212 e. The molecule has 7 heteroatoms. The second-order valence-corrected chi connectivity index (χ2v) is 6.95. The summed E-state index contributed by atoms with van der Waals surface area (Å²) in [6, 6.07) is 2.05. The van der Waals surface area contributed by atoms with E-state index in [0.717, 1.165) is 47.2 Å². The molecule has 5 rings (SSSR count). The molecule has 128 valence electrons. The largest absolute Gasteiger partial charge is 0.327 e. The van der Waals surface area contributed by atoms with Gasteiger partial charge in [0.1, 0.15) is 11.4 Å². The van der Waals surface area contributed by atoms with Gasteiger partial charge in [0.2, 0.25) is 5.78 Å². The Balaban J connectivity index is 1.53. The van der Waals surface area contributed by atoms with E-state index in [-0.39, 0.29) is 0 Å². The molecule has 0 spiro atoms. The van der Waals surface area contributed by atoms with Crippen LogP contribution < -0.4 is 5.32 Å². The number of H-pyrrole nitrogens is 1. The van der Waals surface area contributed by atoms with E-state index in [1.807, 2.05) is 23.8 Å². The van der Waals surface area contributed by atoms with Gasteiger partial charge in [0, 0.05) is 24.0 Å². The molecule has 25 heavy (non-hydrogen) atoms. The zero-order valence-corrected chi connectivity index (χ0v) is 14.5. The van der Waals surface area contributed by atoms with Crippen LogP contribution in [0.2, 0.25) is 0 Å². The average Bonchev–Trinajstić information content (AvgIpc) is 3.27. The second-order valence-electron chi connectivity index (χ2n) is 6.95. The molecule has 0 aromatic carbocycles. The van der Waals surface area contributed by atoms with Gasteiger partial charge in [0.05, 0.1) is 11.9 Å². The Morgan fingerprint density at radius 3 is 2.68 bits per heavy atom. The Morgan fingerprint density at radius 2 is 1.88 bits per heavy atom. The Labute approximate surface area is 145 Å². The van der Waals surface area contributed by atoms with Gasteiger partial charge in [-0.25, -0.2) is 14.5 Å². The van der Waals surface area contributed by atoms with Crippen molar-refractivity contribution in [3.05, 3.63) is 41.6 Å². The van der Waals surface area contributed by atoms with Crippen molar-refractivity contribution in [1.82, 2.24) is 34.3 Å². The van der Waals surface area contributed by atoms with E-state index < -0.39 is 0 Å². The highest BCUT2D eigenvalue weighted by Crippen LogP contribution is 2.26. The van der Waals surface area contributed by atoms with Crippen molar-refractivity contribution in [2.24, 2.45) is 0 Å². The summed E-state index contributed by atoms with van der Waals surface area (Å²) in [5, 5.41) is 8.08. The minimum Gasteiger partial charge on any atom is -0.327 e. The van der Waals surface area contributed by atoms with Crippen LogP contribution in [0.4, 0.5) is 0 Å². The zero-order chi connectivity index (χ0) is 17.0. The minimum atomic E-state index is 0.594. The molecule has 0 amide bonds. The molecule has 0 bridgehead atoms. The summed E-state index contributed by atoms with van der Waals surface area (Å²) in [6.45, 7) is 6.22. The van der Waals surface area contributed by atoms with Gasteiger partial charge >= 0.3 is 0 Å². The summed E-state index contributed by atoms with van der Waals surface area (Å²) in [5.41, 5.74) is 5.99. The number of aryl methyl sites for hydroxylation is 2. The van der Waals surface area contributed by atoms with Crippen LogP contribution in [0.3, 0.4) is 0 Å². The molecule has 5 heterocycles. The van der Waals surface area contributed by atoms with E-state index in [1.54, 1.807) is 0 Å². The molecule has 1 aliphatic heterocycles. The van der Waals surface area contributed by atoms with Crippen LogP contribution in [0.15, 0.2) is 24.7 Å². The molecule has 4 aromatic rings. The lowest BCUT2D eigenvalue weighted by atomic mass is 9.95. The van der Waals surface area contributed by atoms with Crippen molar-refractivity contribution in [1.29, 1.82) is 0 Å². The van der Waals surface area contributed by atoms with E-state index in [1.165, 1.54) is 18.5 Å². The standard InChI is InChI=1S/C18H21N7/c1-11-7-14(23-25-8-12(2)20-17(11)25)16-10-24-9-15(21-18(24)22-16)13-3-5-19-6-4-13/h7-10,13,19H,3-6H2,1-2H3,(H,21,22). The van der Waals surface area contributed by atoms with Gasteiger partial charge in [-0.2, -0.15) is 5.10 Å². The molecule has 0 radical (unpaired) electrons. The van der Waals surface area contributed by atoms with Crippen LogP contribution in [0, 0.1) is 13.8 Å². The summed E-state index contributed by atoms with van der Waals surface area (Å²) in [5.74, 6) is 1.47. The van der Waals surface area contributed by atoms with Crippen molar-refractivity contribution in [2.75, 3.05) is 13.1 Å². The van der Waals surface area contributed by atoms with E-state index in [9.17, 15) is 0 Å². The monoisotopic (exact) mass is 335 g/mol. The number of hydrogen-bond acceptors (Lipinski definition) is 4. The lowest BCUT2D eigenvalue weighted by molar-refractivity contribution is 0.454. The molecule has 7 nitrogen and oxygen atoms in total. The number of fused-ring (bicyclic) bond motifs is 2. The fourth-order valence-electron chi connectivity index (χ4n) is 3.73. The molecule has 1 saturated heterocycles. The molecule has 1 fully saturated rings. The lowest BCUT2D eigenvalue weighted by Gasteiger charge is -2.21. The fourth-order valence-corrected chi connectivity index (χ4v) is 3.73. The maximum atomic E-state index is 4.75. The third-order valence-electron chi connectivity index (χ3n) is 5.04. The fraction of sp³-hybridized carbons (Fsp3) is 0.389. The number of nitrogens with zero attached hydrogens (tertiary/aromatic N) is 5. The number of piperidine rings is 1. The van der Waals surface area contributed by atoms with Crippen LogP contribution in [0.25, 0.3) is 22.8 Å². The van der Waals surface area contributed by atoms with Crippen molar-refractivity contribution in [2.45, 2.75) is 32.6 Å². The topological polar surface area (TPSA) is 75.3 Å². The molecule has 4 aromatic heterocycles. The highest BCUT2D eigenvalue weighted by atomic mass is 15.3. The van der Waals surface area contributed by atoms with Gasteiger partial charge in [-0.3, -0.25) is 4.40 Å². The summed E-state index contributed by atoms with van der Waals surface area (Å²) < 4.78 is 3.92. The van der Waals surface area contributed by atoms with Crippen molar-refractivity contribution in [3.63, 3.8) is 0 Å². The van der Waals surface area contributed by atoms with Crippen LogP contribution in [-0.2, 0) is 0 Å². The van der Waals surface area contributed by atoms with Crippen molar-refractivity contribution in [3.8, 4) is 11.4 Å². The van der Waals surface area contributed by atoms with Gasteiger partial charge in [-0.05, 0) is 51.4 Å². The molecule has 0 saturated carbocycles. The summed E-state index contributed by atoms with van der Waals surface area (Å²) in [6.07, 6.45) is 8.52. The predicted molar refractivity (Wildman–Crippen MR) is 95.8 cm³/mol. The highest BCUT2D eigenvalue weighted by molar-refractivity contribution is 5.61. The normalized spacial score (nSPS) is 16.2. The first-order valence-corrected chi connectivity index (χ1v) is 8.80. The average molecular weight is 335 g/mol. The predicted octanol–water partition coefficient (Wildman–Crippen LogP) is 2.46. The quantitative estimate of drug-likeness (QED) is 0.590. The SMILES string of the molecule is Cc1cn2nc(-c3cn4cc(C5CCNCC5)[nH]c4n3)cc(C)c2n1. The van der Waals surface area contributed by atoms with Crippen LogP contribution in [0.1, 0.15) is 35.7 Å². The van der Waals surface area contributed by atoms with Crippen LogP contribution in [0.5, 0.6) is 0 Å². The van der Waals surface area contributed by atoms with Gasteiger partial charge in [-0.1, -0.05) is 0 Å². The van der Waals surface area contributed by atoms with E-state index in [4.69, 9.17) is 4.98 Å². The number of aromatic amines is 1. The third kappa shape index (κ3) is 2.42. The van der Waals surface area contributed by atoms with Crippen LogP contribution >= 0.6 is 0 Å². The van der Waals surface area contributed by atoms with Gasteiger partial charge in [-0.15, -0.1) is 0 Å². The first kappa shape index (κ1) is 14.7. The van der Waals surface area contributed by atoms with E-state index in [0.29, 0.717) is 5.92 Å². The van der Waals surface area contributed by atoms with E-state index in [2.05, 4.69) is 44.0 Å². The molecule has 0 unspecified atom stereocenters. The van der Waals surface area contributed by atoms with Crippen LogP contribution in [-0.4, -0.2) is 42.1 Å². The Bertz CT molecular complexity index is 1030. The zero-order valence-electron chi connectivity index (χ0n) is 14.5. The highest BCUT2D eigenvalue weighted by Gasteiger charge is 2.19. The van der Waals surface area contributed by atoms with Gasteiger partial charge in [0.15, 0.2) is 5.65 Å².